The zero-order valence-electron chi connectivity index (χ0n) is 15.9. The fraction of sp³-hybridized carbons (Fsp3) is 0.286. The molecular weight excluding hydrogens is 360 g/mol. The van der Waals surface area contributed by atoms with Crippen molar-refractivity contribution >= 4 is 17.9 Å². The number of nitrogens with one attached hydrogen (secondary N) is 2. The number of carbonyl (C=O) groups excluding carboxylic acids is 3. The van der Waals surface area contributed by atoms with Crippen molar-refractivity contribution in [3.63, 3.8) is 0 Å². The van der Waals surface area contributed by atoms with Gasteiger partial charge in [-0.25, -0.2) is 9.59 Å². The molecule has 0 saturated heterocycles. The van der Waals surface area contributed by atoms with Crippen molar-refractivity contribution in [1.82, 2.24) is 10.6 Å². The Morgan fingerprint density at radius 1 is 1.00 bits per heavy atom. The highest BCUT2D eigenvalue weighted by atomic mass is 16.5. The van der Waals surface area contributed by atoms with E-state index >= 15 is 0 Å². The van der Waals surface area contributed by atoms with Crippen LogP contribution in [0.25, 0.3) is 0 Å². The van der Waals surface area contributed by atoms with Crippen molar-refractivity contribution in [1.29, 1.82) is 0 Å². The predicted octanol–water partition coefficient (Wildman–Crippen LogP) is 3.05. The van der Waals surface area contributed by atoms with Gasteiger partial charge in [0, 0.05) is 6.04 Å². The van der Waals surface area contributed by atoms with Crippen LogP contribution in [0.15, 0.2) is 54.6 Å². The molecule has 1 atom stereocenters. The topological polar surface area (TPSA) is 93.7 Å². The average molecular weight is 384 g/mol. The fourth-order valence-corrected chi connectivity index (χ4v) is 2.23. The standard InChI is InChI=1S/C21H24N2O5/c1-3-15(2)22-21(26)23-19(24)14-28-20(25)17-11-7-8-12-18(17)27-13-16-9-5-4-6-10-16/h4-12,15H,3,13-14H2,1-2H3,(H2,22,23,24,26)/t15-/m1/s1. The number of hydrogen-bond acceptors (Lipinski definition) is 5. The zero-order valence-corrected chi connectivity index (χ0v) is 15.9. The third-order valence-corrected chi connectivity index (χ3v) is 3.92. The Labute approximate surface area is 164 Å². The van der Waals surface area contributed by atoms with Crippen LogP contribution in [0.3, 0.4) is 0 Å². The lowest BCUT2D eigenvalue weighted by atomic mass is 10.2. The predicted molar refractivity (Wildman–Crippen MR) is 104 cm³/mol. The van der Waals surface area contributed by atoms with Gasteiger partial charge in [0.25, 0.3) is 5.91 Å². The molecule has 0 saturated carbocycles. The molecule has 7 heteroatoms. The molecule has 0 unspecified atom stereocenters. The first-order valence-electron chi connectivity index (χ1n) is 9.02. The van der Waals surface area contributed by atoms with Crippen LogP contribution in [0.1, 0.15) is 36.2 Å². The summed E-state index contributed by atoms with van der Waals surface area (Å²) < 4.78 is 10.7. The van der Waals surface area contributed by atoms with Crippen LogP contribution in [-0.2, 0) is 16.1 Å². The number of amides is 3. The average Bonchev–Trinajstić information content (AvgIpc) is 2.71. The first-order chi connectivity index (χ1) is 13.5. The molecule has 0 aliphatic heterocycles. The first-order valence-corrected chi connectivity index (χ1v) is 9.02. The van der Waals surface area contributed by atoms with Crippen molar-refractivity contribution in [2.24, 2.45) is 0 Å². The molecule has 2 aromatic rings. The van der Waals surface area contributed by atoms with E-state index in [1.165, 1.54) is 0 Å². The highest BCUT2D eigenvalue weighted by Gasteiger charge is 2.16. The second kappa shape index (κ2) is 10.7. The zero-order chi connectivity index (χ0) is 20.4. The molecule has 2 N–H and O–H groups in total. The van der Waals surface area contributed by atoms with E-state index in [1.807, 2.05) is 44.2 Å². The summed E-state index contributed by atoms with van der Waals surface area (Å²) in [5.41, 5.74) is 1.16. The van der Waals surface area contributed by atoms with Gasteiger partial charge in [-0.3, -0.25) is 10.1 Å². The molecule has 0 bridgehead atoms. The number of rotatable bonds is 8. The highest BCUT2D eigenvalue weighted by molar-refractivity contribution is 5.97. The van der Waals surface area contributed by atoms with Gasteiger partial charge in [-0.05, 0) is 31.0 Å². The number of carbonyl (C=O) groups is 3. The van der Waals surface area contributed by atoms with Crippen molar-refractivity contribution in [3.05, 3.63) is 65.7 Å². The maximum atomic E-state index is 12.3. The summed E-state index contributed by atoms with van der Waals surface area (Å²) in [6.45, 7) is 3.45. The van der Waals surface area contributed by atoms with Crippen LogP contribution in [0.4, 0.5) is 4.79 Å². The quantitative estimate of drug-likeness (QED) is 0.682. The van der Waals surface area contributed by atoms with E-state index in [-0.39, 0.29) is 11.6 Å². The molecule has 2 aromatic carbocycles. The van der Waals surface area contributed by atoms with Gasteiger partial charge >= 0.3 is 12.0 Å². The SMILES string of the molecule is CC[C@@H](C)NC(=O)NC(=O)COC(=O)c1ccccc1OCc1ccccc1. The Hall–Kier alpha value is -3.35. The van der Waals surface area contributed by atoms with Gasteiger partial charge in [-0.2, -0.15) is 0 Å². The van der Waals surface area contributed by atoms with E-state index in [0.717, 1.165) is 12.0 Å². The van der Waals surface area contributed by atoms with Crippen LogP contribution >= 0.6 is 0 Å². The fourth-order valence-electron chi connectivity index (χ4n) is 2.23. The number of imide groups is 1. The second-order valence-electron chi connectivity index (χ2n) is 6.18. The van der Waals surface area contributed by atoms with Crippen LogP contribution in [-0.4, -0.2) is 30.6 Å². The van der Waals surface area contributed by atoms with Crippen molar-refractivity contribution in [2.75, 3.05) is 6.61 Å². The molecule has 28 heavy (non-hydrogen) atoms. The smallest absolute Gasteiger partial charge is 0.342 e. The van der Waals surface area contributed by atoms with Gasteiger partial charge in [-0.15, -0.1) is 0 Å². The normalized spacial score (nSPS) is 11.2. The van der Waals surface area contributed by atoms with Crippen LogP contribution < -0.4 is 15.4 Å². The van der Waals surface area contributed by atoms with E-state index in [4.69, 9.17) is 9.47 Å². The van der Waals surface area contributed by atoms with E-state index in [2.05, 4.69) is 10.6 Å². The number of ether oxygens (including phenoxy) is 2. The highest BCUT2D eigenvalue weighted by Crippen LogP contribution is 2.20. The number of benzene rings is 2. The summed E-state index contributed by atoms with van der Waals surface area (Å²) in [5, 5.41) is 4.71. The van der Waals surface area contributed by atoms with Crippen LogP contribution in [0.2, 0.25) is 0 Å². The van der Waals surface area contributed by atoms with Crippen LogP contribution in [0, 0.1) is 0 Å². The maximum Gasteiger partial charge on any atom is 0.342 e. The van der Waals surface area contributed by atoms with Gasteiger partial charge < -0.3 is 14.8 Å². The van der Waals surface area contributed by atoms with Crippen molar-refractivity contribution < 1.29 is 23.9 Å². The summed E-state index contributed by atoms with van der Waals surface area (Å²) in [4.78, 5) is 35.7. The van der Waals surface area contributed by atoms with E-state index < -0.39 is 24.5 Å². The molecule has 7 nitrogen and oxygen atoms in total. The van der Waals surface area contributed by atoms with E-state index in [0.29, 0.717) is 12.4 Å². The van der Waals surface area contributed by atoms with Gasteiger partial charge in [0.2, 0.25) is 0 Å². The van der Waals surface area contributed by atoms with E-state index in [1.54, 1.807) is 24.3 Å². The Bertz CT molecular complexity index is 807. The van der Waals surface area contributed by atoms with Crippen molar-refractivity contribution in [2.45, 2.75) is 32.9 Å². The Balaban J connectivity index is 1.88. The second-order valence-corrected chi connectivity index (χ2v) is 6.18. The molecule has 0 fully saturated rings. The Morgan fingerprint density at radius 3 is 2.39 bits per heavy atom. The first kappa shape index (κ1) is 21.0. The molecule has 0 radical (unpaired) electrons. The Kier molecular flexibility index (Phi) is 8.02. The molecule has 0 spiro atoms. The monoisotopic (exact) mass is 384 g/mol. The summed E-state index contributed by atoms with van der Waals surface area (Å²) >= 11 is 0. The summed E-state index contributed by atoms with van der Waals surface area (Å²) in [7, 11) is 0. The van der Waals surface area contributed by atoms with Crippen molar-refractivity contribution in [3.8, 4) is 5.75 Å². The lowest BCUT2D eigenvalue weighted by Crippen LogP contribution is -2.44. The molecule has 0 heterocycles. The molecule has 148 valence electrons. The molecule has 2 rings (SSSR count). The molecule has 0 aromatic heterocycles. The molecule has 0 aliphatic carbocycles. The molecule has 3 amide bonds. The van der Waals surface area contributed by atoms with Gasteiger partial charge in [0.1, 0.15) is 17.9 Å². The molecular formula is C21H24N2O5. The third kappa shape index (κ3) is 6.75. The van der Waals surface area contributed by atoms with E-state index in [9.17, 15) is 14.4 Å². The maximum absolute atomic E-state index is 12.3. The number of hydrogen-bond donors (Lipinski definition) is 2. The minimum absolute atomic E-state index is 0.0657. The number of para-hydroxylation sites is 1. The largest absolute Gasteiger partial charge is 0.488 e. The Morgan fingerprint density at radius 2 is 1.68 bits per heavy atom. The summed E-state index contributed by atoms with van der Waals surface area (Å²) in [5.74, 6) is -1.07. The number of urea groups is 1. The number of esters is 1. The molecule has 0 aliphatic rings. The lowest BCUT2D eigenvalue weighted by molar-refractivity contribution is -0.123. The van der Waals surface area contributed by atoms with Gasteiger partial charge in [-0.1, -0.05) is 49.4 Å². The van der Waals surface area contributed by atoms with Crippen LogP contribution in [0.5, 0.6) is 5.75 Å². The third-order valence-electron chi connectivity index (χ3n) is 3.92. The minimum atomic E-state index is -0.711. The lowest BCUT2D eigenvalue weighted by Gasteiger charge is -2.13. The van der Waals surface area contributed by atoms with Gasteiger partial charge in [0.05, 0.1) is 0 Å². The summed E-state index contributed by atoms with van der Waals surface area (Å²) in [6, 6.07) is 15.5. The summed E-state index contributed by atoms with van der Waals surface area (Å²) in [6.07, 6.45) is 0.733. The minimum Gasteiger partial charge on any atom is -0.488 e. The van der Waals surface area contributed by atoms with Gasteiger partial charge in [0.15, 0.2) is 6.61 Å².